The number of hydrogen-bond acceptors (Lipinski definition) is 6. The lowest BCUT2D eigenvalue weighted by Gasteiger charge is -2.26. The van der Waals surface area contributed by atoms with E-state index in [4.69, 9.17) is 4.74 Å². The zero-order valence-corrected chi connectivity index (χ0v) is 16.6. The molecule has 1 aliphatic heterocycles. The minimum absolute atomic E-state index is 0.0275. The minimum atomic E-state index is -4.86. The second kappa shape index (κ2) is 8.59. The van der Waals surface area contributed by atoms with Crippen molar-refractivity contribution in [3.05, 3.63) is 40.6 Å². The molecule has 0 aliphatic carbocycles. The fourth-order valence-electron chi connectivity index (χ4n) is 2.66. The maximum atomic E-state index is 12.6. The normalized spacial score (nSPS) is 15.2. The molecule has 0 bridgehead atoms. The van der Waals surface area contributed by atoms with Crippen molar-refractivity contribution in [2.24, 2.45) is 0 Å². The number of halogens is 3. The minimum Gasteiger partial charge on any atom is -0.406 e. The molecule has 1 aromatic carbocycles. The van der Waals surface area contributed by atoms with Crippen molar-refractivity contribution in [3.8, 4) is 5.75 Å². The summed E-state index contributed by atoms with van der Waals surface area (Å²) in [5.74, 6) is -0.662. The number of sulfonamides is 1. The molecule has 7 nitrogen and oxygen atoms in total. The van der Waals surface area contributed by atoms with Gasteiger partial charge in [-0.05, 0) is 35.2 Å². The third-order valence-corrected chi connectivity index (χ3v) is 6.23. The Bertz CT molecular complexity index is 952. The van der Waals surface area contributed by atoms with Crippen LogP contribution in [-0.4, -0.2) is 51.9 Å². The molecule has 158 valence electrons. The van der Waals surface area contributed by atoms with Gasteiger partial charge < -0.3 is 14.4 Å². The Morgan fingerprint density at radius 3 is 2.45 bits per heavy atom. The van der Waals surface area contributed by atoms with Crippen molar-refractivity contribution in [1.82, 2.24) is 4.90 Å². The molecule has 1 amide bonds. The molecule has 1 N–H and O–H groups in total. The van der Waals surface area contributed by atoms with Crippen molar-refractivity contribution in [3.63, 3.8) is 0 Å². The highest BCUT2D eigenvalue weighted by Gasteiger charge is 2.31. The van der Waals surface area contributed by atoms with E-state index in [2.05, 4.69) is 9.46 Å². The molecule has 3 rings (SSSR count). The highest BCUT2D eigenvalue weighted by molar-refractivity contribution is 7.92. The van der Waals surface area contributed by atoms with Gasteiger partial charge in [0.1, 0.15) is 5.75 Å². The molecule has 2 heterocycles. The van der Waals surface area contributed by atoms with Crippen LogP contribution in [0, 0.1) is 0 Å². The van der Waals surface area contributed by atoms with Crippen molar-refractivity contribution in [1.29, 1.82) is 0 Å². The molecule has 0 radical (unpaired) electrons. The van der Waals surface area contributed by atoms with Crippen LogP contribution in [0.1, 0.15) is 5.56 Å². The van der Waals surface area contributed by atoms with E-state index in [0.29, 0.717) is 31.9 Å². The number of carbonyl (C=O) groups excluding carboxylic acids is 1. The number of hydrogen-bond donors (Lipinski definition) is 1. The first-order chi connectivity index (χ1) is 13.6. The molecule has 0 spiro atoms. The Morgan fingerprint density at radius 1 is 1.17 bits per heavy atom. The Kier molecular flexibility index (Phi) is 6.34. The number of thiophene rings is 1. The van der Waals surface area contributed by atoms with Crippen molar-refractivity contribution in [2.75, 3.05) is 31.0 Å². The fraction of sp³-hybridized carbons (Fsp3) is 0.353. The van der Waals surface area contributed by atoms with Crippen LogP contribution in [0.4, 0.5) is 18.9 Å². The number of nitrogens with zero attached hydrogens (tertiary/aromatic N) is 1. The molecule has 0 saturated carbocycles. The summed E-state index contributed by atoms with van der Waals surface area (Å²) in [5, 5.41) is 3.23. The zero-order chi connectivity index (χ0) is 21.1. The summed E-state index contributed by atoms with van der Waals surface area (Å²) in [6.45, 7) is 1.89. The van der Waals surface area contributed by atoms with E-state index in [1.165, 1.54) is 11.3 Å². The number of morpholine rings is 1. The summed E-state index contributed by atoms with van der Waals surface area (Å²) < 4.78 is 73.1. The van der Waals surface area contributed by atoms with Crippen LogP contribution in [0.25, 0.3) is 0 Å². The van der Waals surface area contributed by atoms with Crippen LogP contribution in [0.5, 0.6) is 5.75 Å². The number of alkyl halides is 3. The maximum absolute atomic E-state index is 12.6. The average Bonchev–Trinajstić information content (AvgIpc) is 3.07. The molecule has 2 aromatic rings. The number of benzene rings is 1. The largest absolute Gasteiger partial charge is 0.573 e. The highest BCUT2D eigenvalue weighted by atomic mass is 32.2. The molecular formula is C17H17F3N2O5S2. The molecule has 29 heavy (non-hydrogen) atoms. The molecule has 1 aliphatic rings. The number of nitrogens with one attached hydrogen (secondary N) is 1. The van der Waals surface area contributed by atoms with E-state index >= 15 is 0 Å². The van der Waals surface area contributed by atoms with Crippen LogP contribution in [0.15, 0.2) is 39.9 Å². The van der Waals surface area contributed by atoms with Crippen molar-refractivity contribution >= 4 is 33.0 Å². The molecule has 12 heteroatoms. The van der Waals surface area contributed by atoms with Crippen LogP contribution in [0.2, 0.25) is 0 Å². The lowest BCUT2D eigenvalue weighted by atomic mass is 10.2. The standard InChI is InChI=1S/C17H17F3N2O5S2/c18-17(19,20)27-13-1-3-14(4-2-13)29(24,25)21-15-11-28-10-12(15)9-16(23)22-5-7-26-8-6-22/h1-4,10-11,21H,5-9H2. The molecule has 0 atom stereocenters. The lowest BCUT2D eigenvalue weighted by Crippen LogP contribution is -2.41. The van der Waals surface area contributed by atoms with Gasteiger partial charge in [-0.25, -0.2) is 8.42 Å². The molecular weight excluding hydrogens is 433 g/mol. The van der Waals surface area contributed by atoms with Gasteiger partial charge in [0.15, 0.2) is 0 Å². The van der Waals surface area contributed by atoms with Gasteiger partial charge in [0, 0.05) is 18.5 Å². The first-order valence-electron chi connectivity index (χ1n) is 8.43. The summed E-state index contributed by atoms with van der Waals surface area (Å²) in [5.41, 5.74) is 0.777. The van der Waals surface area contributed by atoms with E-state index in [9.17, 15) is 26.4 Å². The maximum Gasteiger partial charge on any atom is 0.573 e. The van der Waals surface area contributed by atoms with Crippen molar-refractivity contribution in [2.45, 2.75) is 17.7 Å². The van der Waals surface area contributed by atoms with Gasteiger partial charge in [-0.1, -0.05) is 0 Å². The van der Waals surface area contributed by atoms with E-state index < -0.39 is 22.1 Å². The van der Waals surface area contributed by atoms with Crippen molar-refractivity contribution < 1.29 is 35.9 Å². The summed E-state index contributed by atoms with van der Waals surface area (Å²) in [7, 11) is -4.05. The first-order valence-corrected chi connectivity index (χ1v) is 10.9. The van der Waals surface area contributed by atoms with Crippen LogP contribution in [-0.2, 0) is 26.0 Å². The second-order valence-electron chi connectivity index (χ2n) is 6.11. The van der Waals surface area contributed by atoms with Gasteiger partial charge in [-0.2, -0.15) is 0 Å². The predicted octanol–water partition coefficient (Wildman–Crippen LogP) is 2.85. The van der Waals surface area contributed by atoms with Gasteiger partial charge in [0.2, 0.25) is 5.91 Å². The number of amides is 1. The van der Waals surface area contributed by atoms with E-state index in [1.54, 1.807) is 15.7 Å². The molecule has 1 aromatic heterocycles. The van der Waals surface area contributed by atoms with Gasteiger partial charge in [0.25, 0.3) is 10.0 Å². The SMILES string of the molecule is O=C(Cc1cscc1NS(=O)(=O)c1ccc(OC(F)(F)F)cc1)N1CCOCC1. The third kappa shape index (κ3) is 5.84. The summed E-state index contributed by atoms with van der Waals surface area (Å²) in [6.07, 6.45) is -4.84. The summed E-state index contributed by atoms with van der Waals surface area (Å²) in [4.78, 5) is 13.8. The first kappa shape index (κ1) is 21.4. The third-order valence-electron chi connectivity index (χ3n) is 4.06. The number of anilines is 1. The summed E-state index contributed by atoms with van der Waals surface area (Å²) in [6, 6.07) is 3.85. The van der Waals surface area contributed by atoms with E-state index in [1.807, 2.05) is 0 Å². The van der Waals surface area contributed by atoms with E-state index in [-0.39, 0.29) is 22.9 Å². The Hall–Kier alpha value is -2.31. The monoisotopic (exact) mass is 450 g/mol. The molecule has 1 fully saturated rings. The lowest BCUT2D eigenvalue weighted by molar-refractivity contribution is -0.274. The van der Waals surface area contributed by atoms with Gasteiger partial charge >= 0.3 is 6.36 Å². The number of carbonyl (C=O) groups is 1. The van der Waals surface area contributed by atoms with Crippen LogP contribution < -0.4 is 9.46 Å². The predicted molar refractivity (Wildman–Crippen MR) is 99.4 cm³/mol. The smallest absolute Gasteiger partial charge is 0.406 e. The Morgan fingerprint density at radius 2 is 1.83 bits per heavy atom. The Balaban J connectivity index is 1.69. The van der Waals surface area contributed by atoms with Gasteiger partial charge in [0.05, 0.1) is 30.2 Å². The Labute approximate surface area is 169 Å². The zero-order valence-electron chi connectivity index (χ0n) is 14.9. The number of ether oxygens (including phenoxy) is 2. The topological polar surface area (TPSA) is 84.9 Å². The van der Waals surface area contributed by atoms with E-state index in [0.717, 1.165) is 24.3 Å². The van der Waals surface area contributed by atoms with Gasteiger partial charge in [-0.3, -0.25) is 9.52 Å². The molecule has 0 unspecified atom stereocenters. The fourth-order valence-corrected chi connectivity index (χ4v) is 4.62. The average molecular weight is 450 g/mol. The quantitative estimate of drug-likeness (QED) is 0.732. The summed E-state index contributed by atoms with van der Waals surface area (Å²) >= 11 is 1.23. The second-order valence-corrected chi connectivity index (χ2v) is 8.53. The van der Waals surface area contributed by atoms with Crippen LogP contribution in [0.3, 0.4) is 0 Å². The van der Waals surface area contributed by atoms with Gasteiger partial charge in [-0.15, -0.1) is 24.5 Å². The molecule has 1 saturated heterocycles. The highest BCUT2D eigenvalue weighted by Crippen LogP contribution is 2.27. The number of rotatable bonds is 6. The van der Waals surface area contributed by atoms with Crippen LogP contribution >= 0.6 is 11.3 Å².